The van der Waals surface area contributed by atoms with E-state index in [-0.39, 0.29) is 12.5 Å². The van der Waals surface area contributed by atoms with Crippen molar-refractivity contribution in [2.45, 2.75) is 33.6 Å². The number of carbonyl (C=O) groups is 1. The van der Waals surface area contributed by atoms with Gasteiger partial charge in [-0.2, -0.15) is 5.10 Å². The first-order chi connectivity index (χ1) is 13.3. The van der Waals surface area contributed by atoms with Crippen molar-refractivity contribution in [2.24, 2.45) is 5.10 Å². The summed E-state index contributed by atoms with van der Waals surface area (Å²) in [7, 11) is 0. The van der Waals surface area contributed by atoms with Crippen molar-refractivity contribution in [3.63, 3.8) is 0 Å². The molecule has 28 heavy (non-hydrogen) atoms. The zero-order valence-corrected chi connectivity index (χ0v) is 19.7. The number of halogens is 2. The highest BCUT2D eigenvalue weighted by molar-refractivity contribution is 9.11. The van der Waals surface area contributed by atoms with Crippen molar-refractivity contribution < 1.29 is 4.79 Å². The Hall–Kier alpha value is -1.92. The van der Waals surface area contributed by atoms with Crippen LogP contribution in [0.1, 0.15) is 43.4 Å². The van der Waals surface area contributed by atoms with Gasteiger partial charge in [-0.25, -0.2) is 5.43 Å². The Morgan fingerprint density at radius 3 is 2.32 bits per heavy atom. The molecule has 0 aliphatic rings. The minimum absolute atomic E-state index is 0.122. The number of anilines is 1. The van der Waals surface area contributed by atoms with E-state index >= 15 is 0 Å². The van der Waals surface area contributed by atoms with E-state index in [0.717, 1.165) is 31.3 Å². The Bertz CT molecular complexity index is 864. The van der Waals surface area contributed by atoms with Gasteiger partial charge in [0.1, 0.15) is 0 Å². The van der Waals surface area contributed by atoms with E-state index in [9.17, 15) is 4.79 Å². The smallest absolute Gasteiger partial charge is 0.259 e. The largest absolute Gasteiger partial charge is 0.374 e. The van der Waals surface area contributed by atoms with Gasteiger partial charge in [0.2, 0.25) is 0 Å². The summed E-state index contributed by atoms with van der Waals surface area (Å²) in [6.07, 6.45) is 3.67. The number of hydrogen-bond acceptors (Lipinski definition) is 3. The van der Waals surface area contributed by atoms with E-state index in [1.807, 2.05) is 32.1 Å². The fourth-order valence-corrected chi connectivity index (χ4v) is 4.26. The molecule has 0 spiro atoms. The van der Waals surface area contributed by atoms with Crippen LogP contribution < -0.4 is 10.7 Å². The van der Waals surface area contributed by atoms with Crippen molar-refractivity contribution >= 4 is 55.7 Å². The first-order valence-electron chi connectivity index (χ1n) is 9.06. The molecule has 148 valence electrons. The van der Waals surface area contributed by atoms with Crippen LogP contribution in [0, 0.1) is 6.92 Å². The molecule has 0 aliphatic carbocycles. The van der Waals surface area contributed by atoms with Gasteiger partial charge in [-0.15, -0.1) is 0 Å². The first-order valence-corrected chi connectivity index (χ1v) is 10.6. The summed E-state index contributed by atoms with van der Waals surface area (Å²) in [6, 6.07) is 12.4. The zero-order chi connectivity index (χ0) is 20.7. The second-order valence-corrected chi connectivity index (χ2v) is 8.67. The van der Waals surface area contributed by atoms with Gasteiger partial charge in [0.05, 0.1) is 18.4 Å². The number of hydrazone groups is 1. The van der Waals surface area contributed by atoms with Crippen LogP contribution in [0.25, 0.3) is 6.08 Å². The highest BCUT2D eigenvalue weighted by Crippen LogP contribution is 2.32. The van der Waals surface area contributed by atoms with Crippen LogP contribution >= 0.6 is 31.9 Å². The van der Waals surface area contributed by atoms with Crippen LogP contribution in [0.15, 0.2) is 56.0 Å². The third-order valence-corrected chi connectivity index (χ3v) is 5.32. The van der Waals surface area contributed by atoms with Crippen LogP contribution in [0.4, 0.5) is 5.69 Å². The molecule has 0 aromatic heterocycles. The molecule has 0 heterocycles. The van der Waals surface area contributed by atoms with Gasteiger partial charge >= 0.3 is 0 Å². The lowest BCUT2D eigenvalue weighted by Crippen LogP contribution is -2.26. The molecule has 0 fully saturated rings. The van der Waals surface area contributed by atoms with E-state index in [1.165, 1.54) is 5.56 Å². The maximum absolute atomic E-state index is 12.0. The number of hydrogen-bond donors (Lipinski definition) is 2. The molecule has 0 atom stereocenters. The van der Waals surface area contributed by atoms with E-state index in [4.69, 9.17) is 0 Å². The Balaban J connectivity index is 1.87. The summed E-state index contributed by atoms with van der Waals surface area (Å²) in [5, 5.41) is 7.13. The van der Waals surface area contributed by atoms with Crippen molar-refractivity contribution in [3.8, 4) is 0 Å². The summed E-state index contributed by atoms with van der Waals surface area (Å²) in [5.74, 6) is 0.301. The van der Waals surface area contributed by atoms with Crippen LogP contribution in [0.2, 0.25) is 0 Å². The number of aryl methyl sites for hydroxylation is 1. The number of amides is 1. The molecule has 0 saturated carbocycles. The number of carbonyl (C=O) groups excluding carboxylic acids is 1. The molecular weight excluding hydrogens is 482 g/mol. The fourth-order valence-electron chi connectivity index (χ4n) is 2.56. The molecule has 2 N–H and O–H groups in total. The Morgan fingerprint density at radius 2 is 1.75 bits per heavy atom. The minimum Gasteiger partial charge on any atom is -0.374 e. The summed E-state index contributed by atoms with van der Waals surface area (Å²) in [6.45, 7) is 8.43. The number of nitrogens with zero attached hydrogens (tertiary/aromatic N) is 1. The van der Waals surface area contributed by atoms with E-state index < -0.39 is 0 Å². The Labute approximate surface area is 183 Å². The van der Waals surface area contributed by atoms with E-state index in [2.05, 4.69) is 85.8 Å². The molecule has 0 saturated heterocycles. The highest BCUT2D eigenvalue weighted by atomic mass is 79.9. The molecule has 0 radical (unpaired) electrons. The van der Waals surface area contributed by atoms with E-state index in [1.54, 1.807) is 6.21 Å². The molecule has 2 aromatic carbocycles. The third kappa shape index (κ3) is 6.91. The Kier molecular flexibility index (Phi) is 8.45. The standard InChI is InChI=1S/C22H25Br2N3O/c1-14(2)18-7-5-17(6-8-18)9-16(4)12-26-27-21(28)13-25-22-19(23)10-15(3)11-20(22)24/h5-12,14,25H,13H2,1-4H3,(H,27,28)/b16-9+,26-12-. The molecule has 0 aliphatic heterocycles. The summed E-state index contributed by atoms with van der Waals surface area (Å²) in [5.41, 5.74) is 7.88. The monoisotopic (exact) mass is 505 g/mol. The average molecular weight is 507 g/mol. The van der Waals surface area contributed by atoms with E-state index in [0.29, 0.717) is 5.92 Å². The molecular formula is C22H25Br2N3O. The van der Waals surface area contributed by atoms with Crippen molar-refractivity contribution in [1.29, 1.82) is 0 Å². The molecule has 1 amide bonds. The van der Waals surface area contributed by atoms with Gasteiger partial charge in [0.15, 0.2) is 0 Å². The minimum atomic E-state index is -0.218. The maximum atomic E-state index is 12.0. The molecule has 4 nitrogen and oxygen atoms in total. The zero-order valence-electron chi connectivity index (χ0n) is 16.5. The second-order valence-electron chi connectivity index (χ2n) is 6.96. The molecule has 6 heteroatoms. The van der Waals surface area contributed by atoms with Gasteiger partial charge < -0.3 is 5.32 Å². The normalized spacial score (nSPS) is 11.9. The molecule has 0 bridgehead atoms. The van der Waals surface area contributed by atoms with Crippen molar-refractivity contribution in [2.75, 3.05) is 11.9 Å². The number of benzene rings is 2. The van der Waals surface area contributed by atoms with Crippen LogP contribution in [-0.4, -0.2) is 18.7 Å². The van der Waals surface area contributed by atoms with Crippen molar-refractivity contribution in [1.82, 2.24) is 5.43 Å². The number of allylic oxidation sites excluding steroid dienone is 1. The topological polar surface area (TPSA) is 53.5 Å². The average Bonchev–Trinajstić information content (AvgIpc) is 2.61. The lowest BCUT2D eigenvalue weighted by Gasteiger charge is -2.11. The maximum Gasteiger partial charge on any atom is 0.259 e. The van der Waals surface area contributed by atoms with Crippen molar-refractivity contribution in [3.05, 3.63) is 67.6 Å². The van der Waals surface area contributed by atoms with Gasteiger partial charge in [-0.3, -0.25) is 4.79 Å². The van der Waals surface area contributed by atoms with Crippen LogP contribution in [-0.2, 0) is 4.79 Å². The lowest BCUT2D eigenvalue weighted by atomic mass is 10.0. The van der Waals surface area contributed by atoms with Gasteiger partial charge in [0.25, 0.3) is 5.91 Å². The number of rotatable bonds is 7. The molecule has 2 rings (SSSR count). The van der Waals surface area contributed by atoms with Crippen LogP contribution in [0.3, 0.4) is 0 Å². The predicted octanol–water partition coefficient (Wildman–Crippen LogP) is 6.26. The Morgan fingerprint density at radius 1 is 1.14 bits per heavy atom. The van der Waals surface area contributed by atoms with Gasteiger partial charge in [-0.1, -0.05) is 44.2 Å². The highest BCUT2D eigenvalue weighted by Gasteiger charge is 2.07. The lowest BCUT2D eigenvalue weighted by molar-refractivity contribution is -0.119. The van der Waals surface area contributed by atoms with Gasteiger partial charge in [0, 0.05) is 8.95 Å². The number of nitrogens with one attached hydrogen (secondary N) is 2. The quantitative estimate of drug-likeness (QED) is 0.344. The predicted molar refractivity (Wildman–Crippen MR) is 126 cm³/mol. The first kappa shape index (κ1) is 22.4. The molecule has 2 aromatic rings. The SMILES string of the molecule is CC(/C=N\NC(=O)CNc1c(Br)cc(C)cc1Br)=C\c1ccc(C(C)C)cc1. The summed E-state index contributed by atoms with van der Waals surface area (Å²) < 4.78 is 1.80. The van der Waals surface area contributed by atoms with Gasteiger partial charge in [-0.05, 0) is 86.0 Å². The third-order valence-electron chi connectivity index (χ3n) is 4.07. The molecule has 0 unspecified atom stereocenters. The fraction of sp³-hybridized carbons (Fsp3) is 0.273. The summed E-state index contributed by atoms with van der Waals surface area (Å²) in [4.78, 5) is 12.0. The second kappa shape index (κ2) is 10.6. The van der Waals surface area contributed by atoms with Crippen LogP contribution in [0.5, 0.6) is 0 Å². The summed E-state index contributed by atoms with van der Waals surface area (Å²) >= 11 is 7.00.